The molecule has 2 heterocycles. The SMILES string of the molecule is Cc1n[nH]c(=S)n1Cc1cncs1. The summed E-state index contributed by atoms with van der Waals surface area (Å²) in [7, 11) is 0. The lowest BCUT2D eigenvalue weighted by Crippen LogP contribution is -2.00. The highest BCUT2D eigenvalue weighted by molar-refractivity contribution is 7.71. The number of aromatic nitrogens is 4. The molecule has 13 heavy (non-hydrogen) atoms. The predicted molar refractivity (Wildman–Crippen MR) is 53.4 cm³/mol. The van der Waals surface area contributed by atoms with Gasteiger partial charge in [-0.05, 0) is 19.1 Å². The van der Waals surface area contributed by atoms with Crippen LogP contribution in [0.3, 0.4) is 0 Å². The summed E-state index contributed by atoms with van der Waals surface area (Å²) in [5, 5.41) is 6.78. The van der Waals surface area contributed by atoms with Crippen molar-refractivity contribution in [2.24, 2.45) is 0 Å². The molecule has 6 heteroatoms. The van der Waals surface area contributed by atoms with Gasteiger partial charge in [0.1, 0.15) is 5.82 Å². The number of nitrogens with one attached hydrogen (secondary N) is 1. The largest absolute Gasteiger partial charge is 0.299 e. The molecule has 0 aliphatic rings. The Morgan fingerprint density at radius 3 is 3.08 bits per heavy atom. The number of hydrogen-bond acceptors (Lipinski definition) is 4. The molecule has 0 bridgehead atoms. The Balaban J connectivity index is 2.33. The van der Waals surface area contributed by atoms with Gasteiger partial charge in [0.15, 0.2) is 4.77 Å². The molecule has 0 atom stereocenters. The maximum absolute atomic E-state index is 5.08. The summed E-state index contributed by atoms with van der Waals surface area (Å²) >= 11 is 6.69. The minimum atomic E-state index is 0.658. The summed E-state index contributed by atoms with van der Waals surface area (Å²) in [4.78, 5) is 5.18. The molecule has 1 N–H and O–H groups in total. The molecule has 2 aromatic heterocycles. The molecule has 68 valence electrons. The quantitative estimate of drug-likeness (QED) is 0.771. The van der Waals surface area contributed by atoms with E-state index in [0.29, 0.717) is 4.77 Å². The van der Waals surface area contributed by atoms with Crippen molar-refractivity contribution in [3.05, 3.63) is 27.2 Å². The van der Waals surface area contributed by atoms with Crippen molar-refractivity contribution >= 4 is 23.6 Å². The summed E-state index contributed by atoms with van der Waals surface area (Å²) in [5.74, 6) is 0.901. The zero-order valence-electron chi connectivity index (χ0n) is 7.02. The van der Waals surface area contributed by atoms with Crippen molar-refractivity contribution in [3.8, 4) is 0 Å². The van der Waals surface area contributed by atoms with Gasteiger partial charge in [-0.1, -0.05) is 0 Å². The minimum absolute atomic E-state index is 0.658. The number of nitrogens with zero attached hydrogens (tertiary/aromatic N) is 3. The van der Waals surface area contributed by atoms with E-state index < -0.39 is 0 Å². The monoisotopic (exact) mass is 212 g/mol. The molecule has 0 spiro atoms. The molecule has 0 aliphatic carbocycles. The first-order valence-electron chi connectivity index (χ1n) is 3.76. The Kier molecular flexibility index (Phi) is 2.24. The van der Waals surface area contributed by atoms with E-state index in [2.05, 4.69) is 15.2 Å². The van der Waals surface area contributed by atoms with Crippen LogP contribution < -0.4 is 0 Å². The smallest absolute Gasteiger partial charge is 0.195 e. The van der Waals surface area contributed by atoms with Crippen LogP contribution in [-0.2, 0) is 6.54 Å². The summed E-state index contributed by atoms with van der Waals surface area (Å²) < 4.78 is 2.61. The van der Waals surface area contributed by atoms with Crippen LogP contribution in [0.15, 0.2) is 11.7 Å². The summed E-state index contributed by atoms with van der Waals surface area (Å²) in [6, 6.07) is 0. The first-order valence-corrected chi connectivity index (χ1v) is 5.05. The molecule has 4 nitrogen and oxygen atoms in total. The summed E-state index contributed by atoms with van der Waals surface area (Å²) in [6.45, 7) is 2.68. The highest BCUT2D eigenvalue weighted by atomic mass is 32.1. The number of H-pyrrole nitrogens is 1. The van der Waals surface area contributed by atoms with Crippen LogP contribution >= 0.6 is 23.6 Å². The molecule has 0 saturated carbocycles. The highest BCUT2D eigenvalue weighted by Gasteiger charge is 2.02. The molecule has 0 aliphatic heterocycles. The van der Waals surface area contributed by atoms with E-state index >= 15 is 0 Å². The van der Waals surface area contributed by atoms with Gasteiger partial charge in [0.25, 0.3) is 0 Å². The first-order chi connectivity index (χ1) is 6.27. The van der Waals surface area contributed by atoms with Crippen LogP contribution in [0.2, 0.25) is 0 Å². The average molecular weight is 212 g/mol. The predicted octanol–water partition coefficient (Wildman–Crippen LogP) is 1.75. The van der Waals surface area contributed by atoms with Gasteiger partial charge >= 0.3 is 0 Å². The van der Waals surface area contributed by atoms with Crippen molar-refractivity contribution in [1.82, 2.24) is 19.7 Å². The van der Waals surface area contributed by atoms with Crippen molar-refractivity contribution < 1.29 is 0 Å². The van der Waals surface area contributed by atoms with Crippen LogP contribution in [0, 0.1) is 11.7 Å². The Labute approximate surface area is 84.3 Å². The van der Waals surface area contributed by atoms with E-state index in [9.17, 15) is 0 Å². The molecule has 0 aromatic carbocycles. The van der Waals surface area contributed by atoms with E-state index in [1.807, 2.05) is 23.2 Å². The normalized spacial score (nSPS) is 10.5. The molecule has 0 unspecified atom stereocenters. The van der Waals surface area contributed by atoms with Gasteiger partial charge < -0.3 is 0 Å². The molecule has 0 fully saturated rings. The van der Waals surface area contributed by atoms with E-state index in [4.69, 9.17) is 12.2 Å². The summed E-state index contributed by atoms with van der Waals surface area (Å²) in [5.41, 5.74) is 1.81. The van der Waals surface area contributed by atoms with Gasteiger partial charge in [-0.2, -0.15) is 5.10 Å². The van der Waals surface area contributed by atoms with Crippen LogP contribution in [-0.4, -0.2) is 19.7 Å². The van der Waals surface area contributed by atoms with Crippen LogP contribution in [0.4, 0.5) is 0 Å². The van der Waals surface area contributed by atoms with Gasteiger partial charge in [0, 0.05) is 11.1 Å². The number of rotatable bonds is 2. The third-order valence-corrected chi connectivity index (χ3v) is 2.82. The molecule has 2 aromatic rings. The van der Waals surface area contributed by atoms with E-state index in [0.717, 1.165) is 12.4 Å². The van der Waals surface area contributed by atoms with Crippen molar-refractivity contribution in [2.75, 3.05) is 0 Å². The Morgan fingerprint density at radius 1 is 1.69 bits per heavy atom. The fourth-order valence-corrected chi connectivity index (χ4v) is 1.88. The van der Waals surface area contributed by atoms with Crippen LogP contribution in [0.5, 0.6) is 0 Å². The zero-order valence-corrected chi connectivity index (χ0v) is 8.65. The first kappa shape index (κ1) is 8.58. The molecular weight excluding hydrogens is 204 g/mol. The molecule has 2 rings (SSSR count). The Hall–Kier alpha value is -1.01. The van der Waals surface area contributed by atoms with E-state index in [-0.39, 0.29) is 0 Å². The average Bonchev–Trinajstić information content (AvgIpc) is 2.70. The minimum Gasteiger partial charge on any atom is -0.299 e. The van der Waals surface area contributed by atoms with E-state index in [1.165, 1.54) is 4.88 Å². The zero-order chi connectivity index (χ0) is 9.26. The second kappa shape index (κ2) is 3.39. The lowest BCUT2D eigenvalue weighted by Gasteiger charge is -1.99. The van der Waals surface area contributed by atoms with Gasteiger partial charge in [-0.15, -0.1) is 11.3 Å². The number of hydrogen-bond donors (Lipinski definition) is 1. The Morgan fingerprint density at radius 2 is 2.54 bits per heavy atom. The van der Waals surface area contributed by atoms with Crippen molar-refractivity contribution in [2.45, 2.75) is 13.5 Å². The molecule has 0 amide bonds. The topological polar surface area (TPSA) is 46.5 Å². The maximum Gasteiger partial charge on any atom is 0.195 e. The van der Waals surface area contributed by atoms with Gasteiger partial charge in [-0.3, -0.25) is 14.6 Å². The molecule has 0 radical (unpaired) electrons. The highest BCUT2D eigenvalue weighted by Crippen LogP contribution is 2.09. The van der Waals surface area contributed by atoms with Crippen molar-refractivity contribution in [1.29, 1.82) is 0 Å². The third kappa shape index (κ3) is 1.68. The Bertz CT molecular complexity index is 439. The number of aryl methyl sites for hydroxylation is 1. The van der Waals surface area contributed by atoms with Gasteiger partial charge in [0.2, 0.25) is 0 Å². The number of thiazole rings is 1. The standard InChI is InChI=1S/C7H8N4S2/c1-5-9-10-7(12)11(5)3-6-2-8-4-13-6/h2,4H,3H2,1H3,(H,10,12). The lowest BCUT2D eigenvalue weighted by atomic mass is 10.5. The van der Waals surface area contributed by atoms with E-state index in [1.54, 1.807) is 11.3 Å². The van der Waals surface area contributed by atoms with Crippen molar-refractivity contribution in [3.63, 3.8) is 0 Å². The molecular formula is C7H8N4S2. The van der Waals surface area contributed by atoms with Crippen LogP contribution in [0.1, 0.15) is 10.7 Å². The van der Waals surface area contributed by atoms with Gasteiger partial charge in [-0.25, -0.2) is 0 Å². The summed E-state index contributed by atoms with van der Waals surface area (Å²) in [6.07, 6.45) is 1.85. The maximum atomic E-state index is 5.08. The fourth-order valence-electron chi connectivity index (χ4n) is 1.06. The molecule has 0 saturated heterocycles. The fraction of sp³-hybridized carbons (Fsp3) is 0.286. The third-order valence-electron chi connectivity index (χ3n) is 1.75. The second-order valence-electron chi connectivity index (χ2n) is 2.63. The van der Waals surface area contributed by atoms with Gasteiger partial charge in [0.05, 0.1) is 12.1 Å². The number of aromatic amines is 1. The second-order valence-corrected chi connectivity index (χ2v) is 3.99. The van der Waals surface area contributed by atoms with Crippen LogP contribution in [0.25, 0.3) is 0 Å². The lowest BCUT2D eigenvalue weighted by molar-refractivity contribution is 0.760.